The van der Waals surface area contributed by atoms with Crippen LogP contribution >= 0.6 is 0 Å². The molecule has 5 nitrogen and oxygen atoms in total. The molecule has 18 heavy (non-hydrogen) atoms. The van der Waals surface area contributed by atoms with E-state index in [0.717, 1.165) is 5.56 Å². The van der Waals surface area contributed by atoms with Crippen LogP contribution in [0.5, 0.6) is 5.75 Å². The van der Waals surface area contributed by atoms with Gasteiger partial charge < -0.3 is 15.2 Å². The van der Waals surface area contributed by atoms with Crippen LogP contribution in [0.4, 0.5) is 0 Å². The number of hydrogen-bond acceptors (Lipinski definition) is 3. The van der Waals surface area contributed by atoms with Crippen LogP contribution in [0.25, 0.3) is 0 Å². The van der Waals surface area contributed by atoms with Gasteiger partial charge in [-0.15, -0.1) is 0 Å². The summed E-state index contributed by atoms with van der Waals surface area (Å²) in [5.74, 6) is -0.543. The molecular weight excluding hydrogens is 234 g/mol. The fraction of sp³-hybridized carbons (Fsp3) is 0.385. The normalized spacial score (nSPS) is 10.2. The van der Waals surface area contributed by atoms with E-state index in [0.29, 0.717) is 11.7 Å². The third-order valence-electron chi connectivity index (χ3n) is 2.33. The van der Waals surface area contributed by atoms with E-state index in [1.54, 1.807) is 6.07 Å². The molecule has 0 aliphatic rings. The topological polar surface area (TPSA) is 75.6 Å². The Hall–Kier alpha value is -2.04. The Balaban J connectivity index is 2.45. The van der Waals surface area contributed by atoms with Gasteiger partial charge in [-0.25, -0.2) is 0 Å². The molecule has 0 aromatic heterocycles. The Kier molecular flexibility index (Phi) is 5.17. The van der Waals surface area contributed by atoms with E-state index in [4.69, 9.17) is 9.84 Å². The summed E-state index contributed by atoms with van der Waals surface area (Å²) in [4.78, 5) is 21.5. The molecule has 0 radical (unpaired) electrons. The molecule has 1 amide bonds. The fourth-order valence-electron chi connectivity index (χ4n) is 1.34. The van der Waals surface area contributed by atoms with E-state index in [-0.39, 0.29) is 6.61 Å². The minimum absolute atomic E-state index is 0.186. The van der Waals surface area contributed by atoms with Gasteiger partial charge in [0.2, 0.25) is 0 Å². The minimum Gasteiger partial charge on any atom is -0.484 e. The number of hydrogen-bond donors (Lipinski definition) is 2. The Labute approximate surface area is 106 Å². The standard InChI is InChI=1S/C13H17NO4/c1-9(2)10-4-3-5-11(6-10)18-8-12(15)14-7-13(16)17/h3-6,9H,7-8H2,1-2H3,(H,14,15)(H,16,17). The van der Waals surface area contributed by atoms with Crippen molar-refractivity contribution in [1.82, 2.24) is 5.32 Å². The van der Waals surface area contributed by atoms with E-state index >= 15 is 0 Å². The number of carbonyl (C=O) groups is 2. The molecule has 0 saturated heterocycles. The number of carboxylic acids is 1. The SMILES string of the molecule is CC(C)c1cccc(OCC(=O)NCC(=O)O)c1. The highest BCUT2D eigenvalue weighted by Crippen LogP contribution is 2.19. The van der Waals surface area contributed by atoms with Crippen LogP contribution in [-0.2, 0) is 9.59 Å². The molecule has 0 atom stereocenters. The first-order chi connectivity index (χ1) is 8.49. The first kappa shape index (κ1) is 14.0. The van der Waals surface area contributed by atoms with Gasteiger partial charge >= 0.3 is 5.97 Å². The summed E-state index contributed by atoms with van der Waals surface area (Å²) < 4.78 is 5.29. The molecule has 0 heterocycles. The summed E-state index contributed by atoms with van der Waals surface area (Å²) >= 11 is 0. The second-order valence-corrected chi connectivity index (χ2v) is 4.19. The molecule has 98 valence electrons. The lowest BCUT2D eigenvalue weighted by atomic mass is 10.0. The second kappa shape index (κ2) is 6.64. The van der Waals surface area contributed by atoms with Crippen molar-refractivity contribution in [3.63, 3.8) is 0 Å². The summed E-state index contributed by atoms with van der Waals surface area (Å²) in [6.45, 7) is 3.56. The maximum atomic E-state index is 11.2. The average Bonchev–Trinajstić information content (AvgIpc) is 2.34. The van der Waals surface area contributed by atoms with Crippen molar-refractivity contribution in [2.75, 3.05) is 13.2 Å². The van der Waals surface area contributed by atoms with Gasteiger partial charge in [0.05, 0.1) is 0 Å². The minimum atomic E-state index is -1.08. The quantitative estimate of drug-likeness (QED) is 0.801. The number of nitrogens with one attached hydrogen (secondary N) is 1. The smallest absolute Gasteiger partial charge is 0.322 e. The molecule has 1 aromatic rings. The number of carbonyl (C=O) groups excluding carboxylic acids is 1. The monoisotopic (exact) mass is 251 g/mol. The molecule has 5 heteroatoms. The molecule has 0 unspecified atom stereocenters. The van der Waals surface area contributed by atoms with Gasteiger partial charge in [-0.05, 0) is 23.6 Å². The molecule has 0 aliphatic heterocycles. The van der Waals surface area contributed by atoms with Crippen LogP contribution in [0.3, 0.4) is 0 Å². The Morgan fingerprint density at radius 2 is 2.11 bits per heavy atom. The van der Waals surface area contributed by atoms with E-state index < -0.39 is 18.4 Å². The Bertz CT molecular complexity index is 429. The Morgan fingerprint density at radius 3 is 2.72 bits per heavy atom. The van der Waals surface area contributed by atoms with Crippen molar-refractivity contribution in [3.05, 3.63) is 29.8 Å². The van der Waals surface area contributed by atoms with Gasteiger partial charge in [-0.2, -0.15) is 0 Å². The summed E-state index contributed by atoms with van der Waals surface area (Å²) in [5.41, 5.74) is 1.12. The van der Waals surface area contributed by atoms with Gasteiger partial charge in [0.1, 0.15) is 12.3 Å². The first-order valence-corrected chi connectivity index (χ1v) is 5.70. The van der Waals surface area contributed by atoms with Crippen LogP contribution in [0.2, 0.25) is 0 Å². The van der Waals surface area contributed by atoms with Crippen molar-refractivity contribution in [2.45, 2.75) is 19.8 Å². The van der Waals surface area contributed by atoms with Crippen LogP contribution in [-0.4, -0.2) is 30.1 Å². The number of carboxylic acid groups (broad SMARTS) is 1. The zero-order chi connectivity index (χ0) is 13.5. The number of benzene rings is 1. The maximum Gasteiger partial charge on any atom is 0.322 e. The maximum absolute atomic E-state index is 11.2. The van der Waals surface area contributed by atoms with Crippen LogP contribution in [0, 0.1) is 0 Å². The summed E-state index contributed by atoms with van der Waals surface area (Å²) in [5, 5.41) is 10.6. The van der Waals surface area contributed by atoms with Crippen molar-refractivity contribution in [3.8, 4) is 5.75 Å². The highest BCUT2D eigenvalue weighted by atomic mass is 16.5. The van der Waals surface area contributed by atoms with Crippen molar-refractivity contribution >= 4 is 11.9 Å². The lowest BCUT2D eigenvalue weighted by molar-refractivity contribution is -0.138. The van der Waals surface area contributed by atoms with E-state index in [1.165, 1.54) is 0 Å². The van der Waals surface area contributed by atoms with Crippen LogP contribution in [0.15, 0.2) is 24.3 Å². The molecule has 0 fully saturated rings. The first-order valence-electron chi connectivity index (χ1n) is 5.70. The van der Waals surface area contributed by atoms with Crippen LogP contribution in [0.1, 0.15) is 25.3 Å². The highest BCUT2D eigenvalue weighted by Gasteiger charge is 2.06. The summed E-state index contributed by atoms with van der Waals surface area (Å²) in [6, 6.07) is 7.48. The molecule has 1 rings (SSSR count). The number of amides is 1. The highest BCUT2D eigenvalue weighted by molar-refractivity contribution is 5.82. The molecule has 0 aliphatic carbocycles. The third-order valence-corrected chi connectivity index (χ3v) is 2.33. The zero-order valence-electron chi connectivity index (χ0n) is 10.5. The Morgan fingerprint density at radius 1 is 1.39 bits per heavy atom. The number of ether oxygens (including phenoxy) is 1. The van der Waals surface area contributed by atoms with Gasteiger partial charge in [-0.1, -0.05) is 26.0 Å². The molecule has 0 bridgehead atoms. The van der Waals surface area contributed by atoms with Crippen LogP contribution < -0.4 is 10.1 Å². The van der Waals surface area contributed by atoms with E-state index in [2.05, 4.69) is 19.2 Å². The van der Waals surface area contributed by atoms with Gasteiger partial charge in [0.15, 0.2) is 6.61 Å². The van der Waals surface area contributed by atoms with E-state index in [9.17, 15) is 9.59 Å². The van der Waals surface area contributed by atoms with Crippen molar-refractivity contribution in [1.29, 1.82) is 0 Å². The second-order valence-electron chi connectivity index (χ2n) is 4.19. The predicted octanol–water partition coefficient (Wildman–Crippen LogP) is 1.39. The largest absolute Gasteiger partial charge is 0.484 e. The molecule has 0 spiro atoms. The molecule has 2 N–H and O–H groups in total. The molecule has 0 saturated carbocycles. The predicted molar refractivity (Wildman–Crippen MR) is 66.7 cm³/mol. The van der Waals surface area contributed by atoms with Crippen molar-refractivity contribution < 1.29 is 19.4 Å². The average molecular weight is 251 g/mol. The summed E-state index contributed by atoms with van der Waals surface area (Å²) in [6.07, 6.45) is 0. The van der Waals surface area contributed by atoms with E-state index in [1.807, 2.05) is 18.2 Å². The molecular formula is C13H17NO4. The lowest BCUT2D eigenvalue weighted by Gasteiger charge is -2.09. The van der Waals surface area contributed by atoms with Gasteiger partial charge in [0, 0.05) is 0 Å². The van der Waals surface area contributed by atoms with Crippen molar-refractivity contribution in [2.24, 2.45) is 0 Å². The third kappa shape index (κ3) is 4.86. The summed E-state index contributed by atoms with van der Waals surface area (Å²) in [7, 11) is 0. The fourth-order valence-corrected chi connectivity index (χ4v) is 1.34. The molecule has 1 aromatic carbocycles. The van der Waals surface area contributed by atoms with Gasteiger partial charge in [0.25, 0.3) is 5.91 Å². The lowest BCUT2D eigenvalue weighted by Crippen LogP contribution is -2.33. The number of aliphatic carboxylic acids is 1. The zero-order valence-corrected chi connectivity index (χ0v) is 10.5. The number of rotatable bonds is 6. The van der Waals surface area contributed by atoms with Gasteiger partial charge in [-0.3, -0.25) is 9.59 Å².